The van der Waals surface area contributed by atoms with E-state index in [1.165, 1.54) is 0 Å². The summed E-state index contributed by atoms with van der Waals surface area (Å²) in [6, 6.07) is 12.9. The molecule has 0 saturated carbocycles. The van der Waals surface area contributed by atoms with E-state index in [4.69, 9.17) is 40.2 Å². The van der Waals surface area contributed by atoms with E-state index in [0.717, 1.165) is 11.1 Å². The highest BCUT2D eigenvalue weighted by molar-refractivity contribution is 7.80. The Labute approximate surface area is 150 Å². The molecule has 0 heterocycles. The van der Waals surface area contributed by atoms with Crippen LogP contribution in [0.5, 0.6) is 5.75 Å². The molecule has 2 N–H and O–H groups in total. The third-order valence-corrected chi connectivity index (χ3v) is 3.95. The summed E-state index contributed by atoms with van der Waals surface area (Å²) < 4.78 is 5.83. The molecule has 0 aliphatic rings. The van der Waals surface area contributed by atoms with Crippen LogP contribution in [0.25, 0.3) is 0 Å². The maximum atomic E-state index is 6.15. The van der Waals surface area contributed by atoms with Crippen LogP contribution in [0.1, 0.15) is 11.1 Å². The van der Waals surface area contributed by atoms with Crippen molar-refractivity contribution in [2.24, 2.45) is 5.10 Å². The van der Waals surface area contributed by atoms with Gasteiger partial charge < -0.3 is 10.1 Å². The summed E-state index contributed by atoms with van der Waals surface area (Å²) in [6.45, 7) is 0.270. The van der Waals surface area contributed by atoms with E-state index < -0.39 is 0 Å². The van der Waals surface area contributed by atoms with E-state index in [0.29, 0.717) is 20.9 Å². The first-order valence-electron chi connectivity index (χ1n) is 6.77. The Bertz CT molecular complexity index is 702. The van der Waals surface area contributed by atoms with Crippen molar-refractivity contribution >= 4 is 46.7 Å². The van der Waals surface area contributed by atoms with Crippen LogP contribution < -0.4 is 15.5 Å². The normalized spacial score (nSPS) is 10.6. The number of hydrogen-bond donors (Lipinski definition) is 2. The number of hydrogen-bond acceptors (Lipinski definition) is 3. The third kappa shape index (κ3) is 5.10. The van der Waals surface area contributed by atoms with Gasteiger partial charge in [-0.2, -0.15) is 5.10 Å². The molecule has 120 valence electrons. The van der Waals surface area contributed by atoms with Crippen LogP contribution in [0.2, 0.25) is 10.0 Å². The summed E-state index contributed by atoms with van der Waals surface area (Å²) in [5.74, 6) is 0.671. The van der Waals surface area contributed by atoms with E-state index in [9.17, 15) is 0 Å². The van der Waals surface area contributed by atoms with Crippen molar-refractivity contribution in [2.75, 3.05) is 7.05 Å². The van der Waals surface area contributed by atoms with Crippen molar-refractivity contribution < 1.29 is 4.74 Å². The molecule has 2 aromatic carbocycles. The Morgan fingerprint density at radius 2 is 1.87 bits per heavy atom. The number of para-hydroxylation sites is 1. The molecule has 0 spiro atoms. The minimum absolute atomic E-state index is 0.270. The van der Waals surface area contributed by atoms with Gasteiger partial charge in [0.25, 0.3) is 0 Å². The second-order valence-corrected chi connectivity index (χ2v) is 5.70. The lowest BCUT2D eigenvalue weighted by Crippen LogP contribution is -2.28. The van der Waals surface area contributed by atoms with Gasteiger partial charge in [-0.1, -0.05) is 41.4 Å². The van der Waals surface area contributed by atoms with E-state index in [-0.39, 0.29) is 6.61 Å². The van der Waals surface area contributed by atoms with Crippen LogP contribution >= 0.6 is 35.4 Å². The zero-order valence-corrected chi connectivity index (χ0v) is 14.7. The van der Waals surface area contributed by atoms with Gasteiger partial charge in [0.15, 0.2) is 5.11 Å². The second kappa shape index (κ2) is 8.72. The molecule has 0 aliphatic carbocycles. The molecule has 2 aromatic rings. The molecule has 2 rings (SSSR count). The molecule has 23 heavy (non-hydrogen) atoms. The van der Waals surface area contributed by atoms with E-state index >= 15 is 0 Å². The summed E-state index contributed by atoms with van der Waals surface area (Å²) in [7, 11) is 1.72. The van der Waals surface area contributed by atoms with E-state index in [1.807, 2.05) is 24.3 Å². The molecule has 0 atom stereocenters. The predicted molar refractivity (Wildman–Crippen MR) is 99.6 cm³/mol. The molecule has 0 fully saturated rings. The number of nitrogens with one attached hydrogen (secondary N) is 2. The highest BCUT2D eigenvalue weighted by Crippen LogP contribution is 2.26. The average Bonchev–Trinajstić information content (AvgIpc) is 2.55. The van der Waals surface area contributed by atoms with Crippen molar-refractivity contribution in [2.45, 2.75) is 6.61 Å². The van der Waals surface area contributed by atoms with Crippen molar-refractivity contribution in [3.8, 4) is 5.75 Å². The van der Waals surface area contributed by atoms with E-state index in [1.54, 1.807) is 31.5 Å². The predicted octanol–water partition coefficient (Wildman–Crippen LogP) is 4.00. The number of nitrogens with zero attached hydrogens (tertiary/aromatic N) is 1. The monoisotopic (exact) mass is 367 g/mol. The number of hydrazone groups is 1. The van der Waals surface area contributed by atoms with Crippen LogP contribution in [0.3, 0.4) is 0 Å². The van der Waals surface area contributed by atoms with Crippen molar-refractivity contribution in [3.63, 3.8) is 0 Å². The number of halogens is 2. The maximum Gasteiger partial charge on any atom is 0.186 e. The van der Waals surface area contributed by atoms with Gasteiger partial charge in [0, 0.05) is 28.2 Å². The van der Waals surface area contributed by atoms with Gasteiger partial charge >= 0.3 is 0 Å². The SMILES string of the molecule is CNC(=S)N/N=C\c1ccccc1OCc1c(Cl)cccc1Cl. The van der Waals surface area contributed by atoms with Crippen LogP contribution in [-0.4, -0.2) is 18.4 Å². The fraction of sp³-hybridized carbons (Fsp3) is 0.125. The summed E-state index contributed by atoms with van der Waals surface area (Å²) in [4.78, 5) is 0. The average molecular weight is 368 g/mol. The lowest BCUT2D eigenvalue weighted by molar-refractivity contribution is 0.306. The molecule has 0 aliphatic heterocycles. The Morgan fingerprint density at radius 1 is 1.17 bits per heavy atom. The van der Waals surface area contributed by atoms with Gasteiger partial charge in [0.05, 0.1) is 6.21 Å². The van der Waals surface area contributed by atoms with Crippen LogP contribution in [0.4, 0.5) is 0 Å². The first kappa shape index (κ1) is 17.5. The number of rotatable bonds is 5. The Kier molecular flexibility index (Phi) is 6.65. The molecule has 4 nitrogen and oxygen atoms in total. The molecule has 0 aromatic heterocycles. The maximum absolute atomic E-state index is 6.15. The number of ether oxygens (including phenoxy) is 1. The molecule has 0 saturated heterocycles. The first-order valence-corrected chi connectivity index (χ1v) is 7.93. The minimum atomic E-state index is 0.270. The zero-order chi connectivity index (χ0) is 16.7. The quantitative estimate of drug-likeness (QED) is 0.476. The highest BCUT2D eigenvalue weighted by Gasteiger charge is 2.07. The van der Waals surface area contributed by atoms with Gasteiger partial charge in [-0.15, -0.1) is 0 Å². The fourth-order valence-electron chi connectivity index (χ4n) is 1.76. The topological polar surface area (TPSA) is 45.7 Å². The largest absolute Gasteiger partial charge is 0.488 e. The van der Waals surface area contributed by atoms with Crippen LogP contribution in [0.15, 0.2) is 47.6 Å². The number of benzene rings is 2. The van der Waals surface area contributed by atoms with Gasteiger partial charge in [0.2, 0.25) is 0 Å². The molecule has 0 unspecified atom stereocenters. The van der Waals surface area contributed by atoms with E-state index in [2.05, 4.69) is 15.8 Å². The summed E-state index contributed by atoms with van der Waals surface area (Å²) in [5, 5.41) is 8.40. The van der Waals surface area contributed by atoms with Gasteiger partial charge in [0.1, 0.15) is 12.4 Å². The minimum Gasteiger partial charge on any atom is -0.488 e. The highest BCUT2D eigenvalue weighted by atomic mass is 35.5. The first-order chi connectivity index (χ1) is 11.1. The Balaban J connectivity index is 2.10. The smallest absolute Gasteiger partial charge is 0.186 e. The van der Waals surface area contributed by atoms with Gasteiger partial charge in [-0.25, -0.2) is 0 Å². The third-order valence-electron chi connectivity index (χ3n) is 2.95. The van der Waals surface area contributed by atoms with Crippen molar-refractivity contribution in [1.82, 2.24) is 10.7 Å². The number of thiocarbonyl (C=S) groups is 1. The van der Waals surface area contributed by atoms with Crippen molar-refractivity contribution in [3.05, 3.63) is 63.6 Å². The van der Waals surface area contributed by atoms with Gasteiger partial charge in [-0.3, -0.25) is 5.43 Å². The summed E-state index contributed by atoms with van der Waals surface area (Å²) in [5.41, 5.74) is 4.25. The van der Waals surface area contributed by atoms with Crippen LogP contribution in [-0.2, 0) is 6.61 Å². The second-order valence-electron chi connectivity index (χ2n) is 4.48. The standard InChI is InChI=1S/C16H15Cl2N3OS/c1-19-16(23)21-20-9-11-5-2-3-8-15(11)22-10-12-13(17)6-4-7-14(12)18/h2-9H,10H2,1H3,(H2,19,21,23)/b20-9-. The summed E-state index contributed by atoms with van der Waals surface area (Å²) >= 11 is 17.2. The van der Waals surface area contributed by atoms with Crippen LogP contribution in [0, 0.1) is 0 Å². The molecule has 0 bridgehead atoms. The Hall–Kier alpha value is -1.82. The lowest BCUT2D eigenvalue weighted by Gasteiger charge is -2.11. The molecular formula is C16H15Cl2N3OS. The zero-order valence-electron chi connectivity index (χ0n) is 12.3. The van der Waals surface area contributed by atoms with Crippen molar-refractivity contribution in [1.29, 1.82) is 0 Å². The van der Waals surface area contributed by atoms with Gasteiger partial charge in [-0.05, 0) is 36.5 Å². The molecule has 0 radical (unpaired) electrons. The lowest BCUT2D eigenvalue weighted by atomic mass is 10.2. The molecule has 7 heteroatoms. The Morgan fingerprint density at radius 3 is 2.57 bits per heavy atom. The molecular weight excluding hydrogens is 353 g/mol. The molecule has 0 amide bonds. The fourth-order valence-corrected chi connectivity index (χ4v) is 2.31. The summed E-state index contributed by atoms with van der Waals surface area (Å²) in [6.07, 6.45) is 1.63.